The fourth-order valence-electron chi connectivity index (χ4n) is 3.68. The molecule has 1 aliphatic rings. The zero-order valence-electron chi connectivity index (χ0n) is 18.8. The first-order chi connectivity index (χ1) is 16.0. The molecule has 3 aromatic carbocycles. The predicted octanol–water partition coefficient (Wildman–Crippen LogP) is 4.42. The molecule has 2 amide bonds. The second-order valence-corrected chi connectivity index (χ2v) is 7.46. The summed E-state index contributed by atoms with van der Waals surface area (Å²) in [5.41, 5.74) is 3.09. The average Bonchev–Trinajstić information content (AvgIpc) is 3.08. The van der Waals surface area contributed by atoms with Crippen molar-refractivity contribution in [3.05, 3.63) is 83.6 Å². The van der Waals surface area contributed by atoms with Crippen LogP contribution in [0.15, 0.2) is 72.4 Å². The number of methoxy groups -OCH3 is 3. The van der Waals surface area contributed by atoms with Crippen molar-refractivity contribution in [3.63, 3.8) is 0 Å². The highest BCUT2D eigenvalue weighted by atomic mass is 16.5. The molecule has 1 heterocycles. The quantitative estimate of drug-likeness (QED) is 0.544. The first-order valence-corrected chi connectivity index (χ1v) is 10.3. The fraction of sp³-hybridized carbons (Fsp3) is 0.154. The van der Waals surface area contributed by atoms with Gasteiger partial charge in [-0.05, 0) is 48.9 Å². The van der Waals surface area contributed by atoms with Crippen molar-refractivity contribution in [2.45, 2.75) is 6.92 Å². The zero-order valence-corrected chi connectivity index (χ0v) is 18.8. The van der Waals surface area contributed by atoms with Gasteiger partial charge in [0.2, 0.25) is 0 Å². The minimum atomic E-state index is -0.448. The smallest absolute Gasteiger partial charge is 0.282 e. The minimum absolute atomic E-state index is 0.168. The third kappa shape index (κ3) is 4.13. The molecule has 0 saturated heterocycles. The number of hydrogen-bond donors (Lipinski definition) is 1. The van der Waals surface area contributed by atoms with Crippen molar-refractivity contribution in [1.82, 2.24) is 0 Å². The Bertz CT molecular complexity index is 1250. The largest absolute Gasteiger partial charge is 0.497 e. The zero-order chi connectivity index (χ0) is 23.5. The molecule has 0 saturated carbocycles. The molecular formula is C26H24N2O5. The second kappa shape index (κ2) is 9.08. The maximum absolute atomic E-state index is 13.6. The first-order valence-electron chi connectivity index (χ1n) is 10.3. The molecule has 3 aromatic rings. The van der Waals surface area contributed by atoms with E-state index in [9.17, 15) is 9.59 Å². The number of aryl methyl sites for hydroxylation is 1. The lowest BCUT2D eigenvalue weighted by Crippen LogP contribution is -2.32. The number of nitrogens with one attached hydrogen (secondary N) is 1. The molecule has 0 aliphatic carbocycles. The lowest BCUT2D eigenvalue weighted by atomic mass is 10.0. The Balaban J connectivity index is 1.84. The number of anilines is 2. The Hall–Kier alpha value is -4.26. The van der Waals surface area contributed by atoms with Crippen molar-refractivity contribution in [3.8, 4) is 17.2 Å². The summed E-state index contributed by atoms with van der Waals surface area (Å²) in [5.74, 6) is 0.729. The van der Waals surface area contributed by atoms with Crippen LogP contribution in [0.2, 0.25) is 0 Å². The number of imide groups is 1. The summed E-state index contributed by atoms with van der Waals surface area (Å²) < 4.78 is 16.0. The lowest BCUT2D eigenvalue weighted by molar-refractivity contribution is -0.120. The van der Waals surface area contributed by atoms with E-state index in [1.165, 1.54) is 19.1 Å². The van der Waals surface area contributed by atoms with Crippen molar-refractivity contribution in [2.24, 2.45) is 0 Å². The normalized spacial score (nSPS) is 13.4. The number of rotatable bonds is 7. The van der Waals surface area contributed by atoms with E-state index in [0.717, 1.165) is 5.56 Å². The highest BCUT2D eigenvalue weighted by Crippen LogP contribution is 2.37. The van der Waals surface area contributed by atoms with Gasteiger partial charge < -0.3 is 19.5 Å². The first kappa shape index (κ1) is 22.0. The summed E-state index contributed by atoms with van der Waals surface area (Å²) in [6.45, 7) is 1.94. The number of carbonyl (C=O) groups is 2. The van der Waals surface area contributed by atoms with Gasteiger partial charge in [-0.25, -0.2) is 4.90 Å². The highest BCUT2D eigenvalue weighted by Gasteiger charge is 2.40. The third-order valence-corrected chi connectivity index (χ3v) is 5.39. The number of nitrogens with zero attached hydrogens (tertiary/aromatic N) is 1. The maximum atomic E-state index is 13.6. The number of hydrogen-bond acceptors (Lipinski definition) is 6. The Morgan fingerprint density at radius 1 is 0.758 bits per heavy atom. The van der Waals surface area contributed by atoms with Gasteiger partial charge in [0.25, 0.3) is 11.8 Å². The Morgan fingerprint density at radius 3 is 2.15 bits per heavy atom. The van der Waals surface area contributed by atoms with E-state index in [1.807, 2.05) is 19.1 Å². The standard InChI is InChI=1S/C26H24N2O5/c1-16-8-11-19(12-9-16)28-25(29)23(17-10-13-21(32-3)22(14-17)33-4)24(26(28)30)27-18-6-5-7-20(15-18)31-2/h5-15,27H,1-4H3. The number of benzene rings is 3. The number of amides is 2. The van der Waals surface area contributed by atoms with Crippen LogP contribution in [0.25, 0.3) is 5.57 Å². The van der Waals surface area contributed by atoms with Crippen molar-refractivity contribution in [1.29, 1.82) is 0 Å². The summed E-state index contributed by atoms with van der Waals surface area (Å²) in [4.78, 5) is 28.3. The van der Waals surface area contributed by atoms with E-state index in [-0.39, 0.29) is 11.3 Å². The van der Waals surface area contributed by atoms with Crippen molar-refractivity contribution >= 4 is 28.8 Å². The molecule has 33 heavy (non-hydrogen) atoms. The Morgan fingerprint density at radius 2 is 1.48 bits per heavy atom. The van der Waals surface area contributed by atoms with Crippen molar-refractivity contribution < 1.29 is 23.8 Å². The predicted molar refractivity (Wildman–Crippen MR) is 127 cm³/mol. The monoisotopic (exact) mass is 444 g/mol. The van der Waals surface area contributed by atoms with Gasteiger partial charge in [0.05, 0.1) is 32.6 Å². The van der Waals surface area contributed by atoms with E-state index in [0.29, 0.717) is 34.2 Å². The third-order valence-electron chi connectivity index (χ3n) is 5.39. The molecule has 0 atom stereocenters. The van der Waals surface area contributed by atoms with Gasteiger partial charge in [0.1, 0.15) is 11.4 Å². The van der Waals surface area contributed by atoms with E-state index >= 15 is 0 Å². The molecule has 1 aliphatic heterocycles. The van der Waals surface area contributed by atoms with E-state index in [4.69, 9.17) is 14.2 Å². The Labute approximate surface area is 192 Å². The summed E-state index contributed by atoms with van der Waals surface area (Å²) in [6, 6.07) is 19.5. The molecule has 7 nitrogen and oxygen atoms in total. The molecule has 0 fully saturated rings. The lowest BCUT2D eigenvalue weighted by Gasteiger charge is -2.16. The van der Waals surface area contributed by atoms with Crippen LogP contribution >= 0.6 is 0 Å². The highest BCUT2D eigenvalue weighted by molar-refractivity contribution is 6.46. The van der Waals surface area contributed by atoms with Gasteiger partial charge in [-0.3, -0.25) is 9.59 Å². The van der Waals surface area contributed by atoms with E-state index in [2.05, 4.69) is 5.32 Å². The van der Waals surface area contributed by atoms with Crippen LogP contribution in [0.3, 0.4) is 0 Å². The summed E-state index contributed by atoms with van der Waals surface area (Å²) in [5, 5.41) is 3.14. The average molecular weight is 444 g/mol. The summed E-state index contributed by atoms with van der Waals surface area (Å²) >= 11 is 0. The maximum Gasteiger partial charge on any atom is 0.282 e. The van der Waals surface area contributed by atoms with Crippen LogP contribution in [0.4, 0.5) is 11.4 Å². The molecule has 0 unspecified atom stereocenters. The molecule has 4 rings (SSSR count). The van der Waals surface area contributed by atoms with Crippen LogP contribution in [0, 0.1) is 6.92 Å². The number of ether oxygens (including phenoxy) is 3. The molecule has 0 radical (unpaired) electrons. The molecular weight excluding hydrogens is 420 g/mol. The minimum Gasteiger partial charge on any atom is -0.497 e. The topological polar surface area (TPSA) is 77.1 Å². The van der Waals surface area contributed by atoms with Crippen LogP contribution in [0.5, 0.6) is 17.2 Å². The fourth-order valence-corrected chi connectivity index (χ4v) is 3.68. The molecule has 0 bridgehead atoms. The van der Waals surface area contributed by atoms with Gasteiger partial charge in [-0.2, -0.15) is 0 Å². The van der Waals surface area contributed by atoms with Crippen LogP contribution in [0.1, 0.15) is 11.1 Å². The SMILES string of the molecule is COc1cccc(NC2=C(c3ccc(OC)c(OC)c3)C(=O)N(c3ccc(C)cc3)C2=O)c1. The molecule has 1 N–H and O–H groups in total. The van der Waals surface area contributed by atoms with Crippen molar-refractivity contribution in [2.75, 3.05) is 31.5 Å². The van der Waals surface area contributed by atoms with Gasteiger partial charge in [-0.15, -0.1) is 0 Å². The summed E-state index contributed by atoms with van der Waals surface area (Å²) in [7, 11) is 4.62. The van der Waals surface area contributed by atoms with Gasteiger partial charge in [0, 0.05) is 11.8 Å². The van der Waals surface area contributed by atoms with E-state index in [1.54, 1.807) is 61.7 Å². The van der Waals surface area contributed by atoms with Gasteiger partial charge in [0.15, 0.2) is 11.5 Å². The molecule has 168 valence electrons. The molecule has 0 spiro atoms. The molecule has 0 aromatic heterocycles. The van der Waals surface area contributed by atoms with Gasteiger partial charge in [-0.1, -0.05) is 29.8 Å². The summed E-state index contributed by atoms with van der Waals surface area (Å²) in [6.07, 6.45) is 0. The second-order valence-electron chi connectivity index (χ2n) is 7.46. The van der Waals surface area contributed by atoms with Gasteiger partial charge >= 0.3 is 0 Å². The Kier molecular flexibility index (Phi) is 6.04. The number of carbonyl (C=O) groups excluding carboxylic acids is 2. The van der Waals surface area contributed by atoms with E-state index < -0.39 is 11.8 Å². The molecule has 7 heteroatoms. The van der Waals surface area contributed by atoms with Crippen LogP contribution in [-0.4, -0.2) is 33.1 Å². The van der Waals surface area contributed by atoms with Crippen LogP contribution < -0.4 is 24.4 Å². The van der Waals surface area contributed by atoms with Crippen LogP contribution in [-0.2, 0) is 9.59 Å².